The second kappa shape index (κ2) is 9.82. The molecule has 0 atom stereocenters. The van der Waals surface area contributed by atoms with Crippen LogP contribution in [0.4, 0.5) is 16.2 Å². The summed E-state index contributed by atoms with van der Waals surface area (Å²) >= 11 is 12.0. The topological polar surface area (TPSA) is 81.8 Å². The zero-order valence-corrected chi connectivity index (χ0v) is 18.0. The van der Waals surface area contributed by atoms with E-state index >= 15 is 0 Å². The van der Waals surface area contributed by atoms with Gasteiger partial charge in [0.25, 0.3) is 5.91 Å². The van der Waals surface area contributed by atoms with E-state index < -0.39 is 0 Å². The van der Waals surface area contributed by atoms with Gasteiger partial charge in [-0.15, -0.1) is 0 Å². The number of nitrogens with zero attached hydrogens (tertiary/aromatic N) is 2. The lowest BCUT2D eigenvalue weighted by atomic mass is 10.1. The Morgan fingerprint density at radius 2 is 2.00 bits per heavy atom. The van der Waals surface area contributed by atoms with Crippen LogP contribution in [0, 0.1) is 0 Å². The number of hydrogen-bond donors (Lipinski definition) is 2. The number of urea groups is 1. The first-order valence-electron chi connectivity index (χ1n) is 9.58. The van der Waals surface area contributed by atoms with Crippen LogP contribution in [-0.4, -0.2) is 48.9 Å². The van der Waals surface area contributed by atoms with Crippen molar-refractivity contribution in [2.24, 2.45) is 0 Å². The molecule has 0 saturated carbocycles. The third-order valence-corrected chi connectivity index (χ3v) is 5.13. The van der Waals surface area contributed by atoms with E-state index in [1.165, 1.54) is 11.0 Å². The molecule has 1 aliphatic heterocycles. The average Bonchev–Trinajstić information content (AvgIpc) is 3.15. The number of amides is 4. The number of benzene rings is 2. The molecule has 0 spiro atoms. The van der Waals surface area contributed by atoms with Crippen molar-refractivity contribution in [2.75, 3.05) is 36.4 Å². The third kappa shape index (κ3) is 5.23. The van der Waals surface area contributed by atoms with Crippen molar-refractivity contribution in [3.05, 3.63) is 58.1 Å². The number of anilines is 2. The van der Waals surface area contributed by atoms with E-state index in [0.717, 1.165) is 0 Å². The van der Waals surface area contributed by atoms with Gasteiger partial charge >= 0.3 is 6.03 Å². The van der Waals surface area contributed by atoms with Crippen molar-refractivity contribution in [3.8, 4) is 0 Å². The molecular weight excluding hydrogens is 427 g/mol. The summed E-state index contributed by atoms with van der Waals surface area (Å²) in [6, 6.07) is 11.4. The van der Waals surface area contributed by atoms with E-state index in [0.29, 0.717) is 53.0 Å². The molecule has 0 bridgehead atoms. The standard InChI is InChI=1S/C21H22Cl2N4O3/c1-2-9-26(13-19(28)25-18-7-6-15(22)12-17(18)23)20(29)14-4-3-5-16(11-14)27-10-8-24-21(27)30/h3-7,11-12H,2,8-10,13H2,1H3,(H,24,30)(H,25,28). The number of nitrogens with one attached hydrogen (secondary N) is 2. The first-order valence-corrected chi connectivity index (χ1v) is 10.3. The molecule has 4 amide bonds. The van der Waals surface area contributed by atoms with Crippen molar-refractivity contribution < 1.29 is 14.4 Å². The largest absolute Gasteiger partial charge is 0.336 e. The third-order valence-electron chi connectivity index (χ3n) is 4.58. The summed E-state index contributed by atoms with van der Waals surface area (Å²) in [5, 5.41) is 6.23. The average molecular weight is 449 g/mol. The van der Waals surface area contributed by atoms with E-state index in [1.54, 1.807) is 41.3 Å². The summed E-state index contributed by atoms with van der Waals surface area (Å²) in [4.78, 5) is 40.6. The zero-order valence-electron chi connectivity index (χ0n) is 16.5. The molecule has 1 fully saturated rings. The Bertz CT molecular complexity index is 967. The van der Waals surface area contributed by atoms with Gasteiger partial charge in [0, 0.05) is 35.9 Å². The van der Waals surface area contributed by atoms with Crippen LogP contribution in [-0.2, 0) is 4.79 Å². The van der Waals surface area contributed by atoms with Crippen molar-refractivity contribution in [1.82, 2.24) is 10.2 Å². The summed E-state index contributed by atoms with van der Waals surface area (Å²) in [5.41, 5.74) is 1.49. The summed E-state index contributed by atoms with van der Waals surface area (Å²) in [7, 11) is 0. The van der Waals surface area contributed by atoms with E-state index in [1.807, 2.05) is 6.92 Å². The highest BCUT2D eigenvalue weighted by atomic mass is 35.5. The number of carbonyl (C=O) groups excluding carboxylic acids is 3. The van der Waals surface area contributed by atoms with E-state index in [2.05, 4.69) is 10.6 Å². The maximum atomic E-state index is 13.1. The Hall–Kier alpha value is -2.77. The first-order chi connectivity index (χ1) is 14.4. The highest BCUT2D eigenvalue weighted by Crippen LogP contribution is 2.25. The second-order valence-corrected chi connectivity index (χ2v) is 7.68. The molecule has 2 aromatic rings. The van der Waals surface area contributed by atoms with Gasteiger partial charge in [-0.3, -0.25) is 14.5 Å². The number of halogens is 2. The SMILES string of the molecule is CCCN(CC(=O)Nc1ccc(Cl)cc1Cl)C(=O)c1cccc(N2CCNC2=O)c1. The molecule has 0 aliphatic carbocycles. The summed E-state index contributed by atoms with van der Waals surface area (Å²) in [6.45, 7) is 3.32. The molecule has 0 radical (unpaired) electrons. The maximum Gasteiger partial charge on any atom is 0.321 e. The van der Waals surface area contributed by atoms with Gasteiger partial charge in [0.2, 0.25) is 5.91 Å². The lowest BCUT2D eigenvalue weighted by Gasteiger charge is -2.23. The monoisotopic (exact) mass is 448 g/mol. The van der Waals surface area contributed by atoms with Crippen molar-refractivity contribution in [1.29, 1.82) is 0 Å². The molecule has 158 valence electrons. The highest BCUT2D eigenvalue weighted by molar-refractivity contribution is 6.36. The molecule has 2 aromatic carbocycles. The Labute approximate surface area is 184 Å². The zero-order chi connectivity index (χ0) is 21.7. The minimum atomic E-state index is -0.365. The Morgan fingerprint density at radius 1 is 1.20 bits per heavy atom. The molecule has 30 heavy (non-hydrogen) atoms. The van der Waals surface area contributed by atoms with Gasteiger partial charge < -0.3 is 15.5 Å². The van der Waals surface area contributed by atoms with Gasteiger partial charge in [0.15, 0.2) is 0 Å². The van der Waals surface area contributed by atoms with Crippen molar-refractivity contribution >= 4 is 52.4 Å². The van der Waals surface area contributed by atoms with Gasteiger partial charge in [-0.05, 0) is 42.8 Å². The smallest absolute Gasteiger partial charge is 0.321 e. The van der Waals surface area contributed by atoms with Crippen LogP contribution in [0.25, 0.3) is 0 Å². The molecular formula is C21H22Cl2N4O3. The predicted octanol–water partition coefficient (Wildman–Crippen LogP) is 4.01. The van der Waals surface area contributed by atoms with Crippen LogP contribution in [0.3, 0.4) is 0 Å². The molecule has 2 N–H and O–H groups in total. The fourth-order valence-corrected chi connectivity index (χ4v) is 3.64. The predicted molar refractivity (Wildman–Crippen MR) is 118 cm³/mol. The van der Waals surface area contributed by atoms with Crippen LogP contribution < -0.4 is 15.5 Å². The molecule has 9 heteroatoms. The van der Waals surface area contributed by atoms with E-state index in [-0.39, 0.29) is 24.4 Å². The number of rotatable bonds is 7. The minimum Gasteiger partial charge on any atom is -0.336 e. The van der Waals surface area contributed by atoms with Crippen LogP contribution in [0.2, 0.25) is 10.0 Å². The molecule has 0 aromatic heterocycles. The van der Waals surface area contributed by atoms with Crippen LogP contribution in [0.1, 0.15) is 23.7 Å². The number of carbonyl (C=O) groups is 3. The summed E-state index contributed by atoms with van der Waals surface area (Å²) in [5.74, 6) is -0.647. The van der Waals surface area contributed by atoms with Crippen LogP contribution in [0.5, 0.6) is 0 Å². The molecule has 1 saturated heterocycles. The van der Waals surface area contributed by atoms with Gasteiger partial charge in [-0.2, -0.15) is 0 Å². The fourth-order valence-electron chi connectivity index (χ4n) is 3.18. The number of hydrogen-bond acceptors (Lipinski definition) is 3. The van der Waals surface area contributed by atoms with Gasteiger partial charge in [-0.1, -0.05) is 36.2 Å². The van der Waals surface area contributed by atoms with E-state index in [4.69, 9.17) is 23.2 Å². The minimum absolute atomic E-state index is 0.125. The quantitative estimate of drug-likeness (QED) is 0.670. The van der Waals surface area contributed by atoms with Crippen molar-refractivity contribution in [3.63, 3.8) is 0 Å². The normalized spacial score (nSPS) is 13.2. The van der Waals surface area contributed by atoms with Gasteiger partial charge in [0.05, 0.1) is 10.7 Å². The molecule has 1 heterocycles. The van der Waals surface area contributed by atoms with Crippen molar-refractivity contribution in [2.45, 2.75) is 13.3 Å². The molecule has 1 aliphatic rings. The Kier molecular flexibility index (Phi) is 7.18. The first kappa shape index (κ1) is 21.9. The van der Waals surface area contributed by atoms with Gasteiger partial charge in [-0.25, -0.2) is 4.79 Å². The highest BCUT2D eigenvalue weighted by Gasteiger charge is 2.23. The lowest BCUT2D eigenvalue weighted by molar-refractivity contribution is -0.116. The Morgan fingerprint density at radius 3 is 2.67 bits per heavy atom. The van der Waals surface area contributed by atoms with Crippen LogP contribution in [0.15, 0.2) is 42.5 Å². The van der Waals surface area contributed by atoms with Gasteiger partial charge in [0.1, 0.15) is 6.54 Å². The molecule has 7 nitrogen and oxygen atoms in total. The summed E-state index contributed by atoms with van der Waals surface area (Å²) in [6.07, 6.45) is 0.689. The second-order valence-electron chi connectivity index (χ2n) is 6.83. The fraction of sp³-hybridized carbons (Fsp3) is 0.286. The maximum absolute atomic E-state index is 13.1. The lowest BCUT2D eigenvalue weighted by Crippen LogP contribution is -2.38. The Balaban J connectivity index is 1.73. The van der Waals surface area contributed by atoms with Crippen LogP contribution >= 0.6 is 23.2 Å². The summed E-state index contributed by atoms with van der Waals surface area (Å²) < 4.78 is 0. The molecule has 3 rings (SSSR count). The molecule has 0 unspecified atom stereocenters. The van der Waals surface area contributed by atoms with E-state index in [9.17, 15) is 14.4 Å².